The zero-order valence-electron chi connectivity index (χ0n) is 11.4. The summed E-state index contributed by atoms with van der Waals surface area (Å²) in [6, 6.07) is 20.0. The number of para-hydroxylation sites is 2. The highest BCUT2D eigenvalue weighted by molar-refractivity contribution is 14.0. The Hall–Kier alpha value is -2.02. The van der Waals surface area contributed by atoms with Crippen LogP contribution in [0.1, 0.15) is 5.69 Å². The second-order valence-electron chi connectivity index (χ2n) is 4.57. The first-order valence-electron chi connectivity index (χ1n) is 6.50. The number of benzene rings is 2. The van der Waals surface area contributed by atoms with Crippen molar-refractivity contribution in [3.63, 3.8) is 0 Å². The van der Waals surface area contributed by atoms with Gasteiger partial charge in [0.25, 0.3) is 0 Å². The standard InChI is InChI=1S/C16H16N4.HI/c17-16(20-13-7-2-1-3-8-13)18-11-14-10-12-6-4-5-9-15(12)19-14;/h1-10,19H,11H2,(H3,17,18,20);1H. The number of hydrogen-bond acceptors (Lipinski definition) is 1. The molecular weight excluding hydrogens is 375 g/mol. The molecule has 0 atom stereocenters. The Labute approximate surface area is 140 Å². The van der Waals surface area contributed by atoms with Crippen LogP contribution < -0.4 is 11.1 Å². The van der Waals surface area contributed by atoms with E-state index in [-0.39, 0.29) is 24.0 Å². The van der Waals surface area contributed by atoms with Crippen molar-refractivity contribution in [2.45, 2.75) is 6.54 Å². The smallest absolute Gasteiger partial charge is 0.193 e. The van der Waals surface area contributed by atoms with Crippen molar-refractivity contribution in [3.05, 3.63) is 66.4 Å². The molecule has 4 N–H and O–H groups in total. The van der Waals surface area contributed by atoms with Crippen molar-refractivity contribution in [2.75, 3.05) is 5.32 Å². The molecule has 0 aliphatic carbocycles. The zero-order valence-corrected chi connectivity index (χ0v) is 13.7. The molecule has 0 saturated carbocycles. The van der Waals surface area contributed by atoms with Crippen LogP contribution in [0.5, 0.6) is 0 Å². The SMILES string of the molecule is I.NC(=NCc1cc2ccccc2[nH]1)Nc1ccccc1. The molecule has 0 aliphatic heterocycles. The summed E-state index contributed by atoms with van der Waals surface area (Å²) in [6.07, 6.45) is 0. The summed E-state index contributed by atoms with van der Waals surface area (Å²) >= 11 is 0. The highest BCUT2D eigenvalue weighted by atomic mass is 127. The Morgan fingerprint density at radius 1 is 1.05 bits per heavy atom. The first-order chi connectivity index (χ1) is 9.81. The van der Waals surface area contributed by atoms with Crippen LogP contribution in [0.25, 0.3) is 10.9 Å². The minimum atomic E-state index is 0. The molecule has 0 radical (unpaired) electrons. The topological polar surface area (TPSA) is 66.2 Å². The molecule has 4 nitrogen and oxygen atoms in total. The Morgan fingerprint density at radius 2 is 1.76 bits per heavy atom. The first kappa shape index (κ1) is 15.4. The van der Waals surface area contributed by atoms with E-state index in [0.29, 0.717) is 12.5 Å². The van der Waals surface area contributed by atoms with Crippen molar-refractivity contribution >= 4 is 46.5 Å². The predicted octanol–water partition coefficient (Wildman–Crippen LogP) is 3.71. The van der Waals surface area contributed by atoms with Gasteiger partial charge in [0, 0.05) is 16.9 Å². The number of nitrogens with one attached hydrogen (secondary N) is 2. The number of guanidine groups is 1. The lowest BCUT2D eigenvalue weighted by atomic mass is 10.2. The molecule has 0 unspecified atom stereocenters. The molecule has 1 aromatic heterocycles. The normalized spacial score (nSPS) is 11.1. The van der Waals surface area contributed by atoms with Gasteiger partial charge in [-0.3, -0.25) is 0 Å². The summed E-state index contributed by atoms with van der Waals surface area (Å²) in [4.78, 5) is 7.66. The summed E-state index contributed by atoms with van der Waals surface area (Å²) in [5, 5.41) is 4.25. The maximum absolute atomic E-state index is 5.87. The van der Waals surface area contributed by atoms with Gasteiger partial charge in [0.2, 0.25) is 0 Å². The van der Waals surface area contributed by atoms with Gasteiger partial charge in [0.1, 0.15) is 0 Å². The fraction of sp³-hybridized carbons (Fsp3) is 0.0625. The summed E-state index contributed by atoms with van der Waals surface area (Å²) in [6.45, 7) is 0.528. The number of aromatic amines is 1. The molecule has 21 heavy (non-hydrogen) atoms. The quantitative estimate of drug-likeness (QED) is 0.362. The number of nitrogens with zero attached hydrogens (tertiary/aromatic N) is 1. The van der Waals surface area contributed by atoms with Gasteiger partial charge in [-0.25, -0.2) is 4.99 Å². The van der Waals surface area contributed by atoms with Gasteiger partial charge >= 0.3 is 0 Å². The number of H-pyrrole nitrogens is 1. The summed E-state index contributed by atoms with van der Waals surface area (Å²) in [5.74, 6) is 0.412. The number of anilines is 1. The number of aliphatic imine (C=N–C) groups is 1. The Morgan fingerprint density at radius 3 is 2.52 bits per heavy atom. The molecular formula is C16H17IN4. The molecule has 0 spiro atoms. The Bertz CT molecular complexity index is 701. The number of nitrogens with two attached hydrogens (primary N) is 1. The zero-order chi connectivity index (χ0) is 13.8. The number of halogens is 1. The molecule has 0 saturated heterocycles. The fourth-order valence-electron chi connectivity index (χ4n) is 2.10. The third-order valence-corrected chi connectivity index (χ3v) is 3.05. The molecule has 0 bridgehead atoms. The Balaban J connectivity index is 0.00000161. The molecule has 0 amide bonds. The number of hydrogen-bond donors (Lipinski definition) is 3. The van der Waals surface area contributed by atoms with Crippen LogP contribution in [0, 0.1) is 0 Å². The van der Waals surface area contributed by atoms with Crippen LogP contribution >= 0.6 is 24.0 Å². The van der Waals surface area contributed by atoms with E-state index in [1.54, 1.807) is 0 Å². The molecule has 1 heterocycles. The van der Waals surface area contributed by atoms with E-state index in [1.165, 1.54) is 5.39 Å². The van der Waals surface area contributed by atoms with E-state index in [1.807, 2.05) is 48.5 Å². The maximum atomic E-state index is 5.87. The summed E-state index contributed by atoms with van der Waals surface area (Å²) in [5.41, 5.74) is 8.97. The second-order valence-corrected chi connectivity index (χ2v) is 4.57. The molecule has 0 fully saturated rings. The first-order valence-corrected chi connectivity index (χ1v) is 6.50. The minimum absolute atomic E-state index is 0. The van der Waals surface area contributed by atoms with Gasteiger partial charge in [0.05, 0.1) is 6.54 Å². The van der Waals surface area contributed by atoms with E-state index in [2.05, 4.69) is 27.4 Å². The predicted molar refractivity (Wildman–Crippen MR) is 99.1 cm³/mol. The number of aromatic nitrogens is 1. The van der Waals surface area contributed by atoms with Crippen LogP contribution in [0.3, 0.4) is 0 Å². The van der Waals surface area contributed by atoms with Crippen LogP contribution in [-0.2, 0) is 6.54 Å². The van der Waals surface area contributed by atoms with Gasteiger partial charge in [-0.05, 0) is 29.7 Å². The number of rotatable bonds is 3. The molecule has 0 aliphatic rings. The van der Waals surface area contributed by atoms with Gasteiger partial charge < -0.3 is 16.0 Å². The van der Waals surface area contributed by atoms with Crippen molar-refractivity contribution in [1.29, 1.82) is 0 Å². The van der Waals surface area contributed by atoms with Crippen molar-refractivity contribution < 1.29 is 0 Å². The molecule has 3 rings (SSSR count). The lowest BCUT2D eigenvalue weighted by Gasteiger charge is -2.04. The average molecular weight is 392 g/mol. The van der Waals surface area contributed by atoms with E-state index in [9.17, 15) is 0 Å². The third-order valence-electron chi connectivity index (χ3n) is 3.05. The summed E-state index contributed by atoms with van der Waals surface area (Å²) < 4.78 is 0. The van der Waals surface area contributed by atoms with E-state index in [0.717, 1.165) is 16.9 Å². The van der Waals surface area contributed by atoms with Gasteiger partial charge in [0.15, 0.2) is 5.96 Å². The Kier molecular flexibility index (Phi) is 5.21. The van der Waals surface area contributed by atoms with E-state index in [4.69, 9.17) is 5.73 Å². The van der Waals surface area contributed by atoms with E-state index >= 15 is 0 Å². The van der Waals surface area contributed by atoms with Gasteiger partial charge in [-0.15, -0.1) is 24.0 Å². The summed E-state index contributed by atoms with van der Waals surface area (Å²) in [7, 11) is 0. The lowest BCUT2D eigenvalue weighted by Crippen LogP contribution is -2.22. The molecule has 108 valence electrons. The van der Waals surface area contributed by atoms with Crippen LogP contribution in [0.15, 0.2) is 65.7 Å². The lowest BCUT2D eigenvalue weighted by molar-refractivity contribution is 1.01. The molecule has 2 aromatic carbocycles. The van der Waals surface area contributed by atoms with Gasteiger partial charge in [-0.1, -0.05) is 36.4 Å². The van der Waals surface area contributed by atoms with Gasteiger partial charge in [-0.2, -0.15) is 0 Å². The average Bonchev–Trinajstić information content (AvgIpc) is 2.89. The third kappa shape index (κ3) is 3.98. The van der Waals surface area contributed by atoms with Crippen LogP contribution in [-0.4, -0.2) is 10.9 Å². The largest absolute Gasteiger partial charge is 0.370 e. The fourth-order valence-corrected chi connectivity index (χ4v) is 2.10. The van der Waals surface area contributed by atoms with Crippen molar-refractivity contribution in [2.24, 2.45) is 10.7 Å². The molecule has 5 heteroatoms. The minimum Gasteiger partial charge on any atom is -0.370 e. The maximum Gasteiger partial charge on any atom is 0.193 e. The highest BCUT2D eigenvalue weighted by Gasteiger charge is 1.99. The molecule has 3 aromatic rings. The number of fused-ring (bicyclic) bond motifs is 1. The monoisotopic (exact) mass is 392 g/mol. The second kappa shape index (κ2) is 7.12. The van der Waals surface area contributed by atoms with Crippen molar-refractivity contribution in [3.8, 4) is 0 Å². The van der Waals surface area contributed by atoms with Crippen molar-refractivity contribution in [1.82, 2.24) is 4.98 Å². The van der Waals surface area contributed by atoms with Crippen LogP contribution in [0.4, 0.5) is 5.69 Å². The van der Waals surface area contributed by atoms with Crippen LogP contribution in [0.2, 0.25) is 0 Å². The van der Waals surface area contributed by atoms with E-state index < -0.39 is 0 Å². The highest BCUT2D eigenvalue weighted by Crippen LogP contribution is 2.15.